The second-order valence-electron chi connectivity index (χ2n) is 2.63. The van der Waals surface area contributed by atoms with Crippen molar-refractivity contribution in [2.75, 3.05) is 7.05 Å². The van der Waals surface area contributed by atoms with Gasteiger partial charge in [0.25, 0.3) is 11.8 Å². The number of imide groups is 1. The van der Waals surface area contributed by atoms with E-state index >= 15 is 0 Å². The van der Waals surface area contributed by atoms with Gasteiger partial charge < -0.3 is 10.1 Å². The maximum atomic E-state index is 11.1. The van der Waals surface area contributed by atoms with Crippen LogP contribution in [-0.4, -0.2) is 36.1 Å². The summed E-state index contributed by atoms with van der Waals surface area (Å²) in [4.78, 5) is 33.9. The Kier molecular flexibility index (Phi) is 2.85. The number of nitrogens with one attached hydrogen (secondary N) is 1. The highest BCUT2D eigenvalue weighted by Crippen LogP contribution is 2.09. The lowest BCUT2D eigenvalue weighted by atomic mass is 10.5. The Balaban J connectivity index is 2.61. The summed E-state index contributed by atoms with van der Waals surface area (Å²) in [5, 5.41) is 2.22. The summed E-state index contributed by atoms with van der Waals surface area (Å²) < 4.78 is 4.72. The van der Waals surface area contributed by atoms with Gasteiger partial charge in [-0.05, 0) is 6.92 Å². The highest BCUT2D eigenvalue weighted by atomic mass is 16.6. The zero-order valence-electron chi connectivity index (χ0n) is 7.81. The Labute approximate surface area is 80.5 Å². The fraction of sp³-hybridized carbons (Fsp3) is 0.375. The van der Waals surface area contributed by atoms with E-state index < -0.39 is 24.1 Å². The first-order valence-corrected chi connectivity index (χ1v) is 4.00. The van der Waals surface area contributed by atoms with E-state index in [2.05, 4.69) is 5.32 Å². The predicted molar refractivity (Wildman–Crippen MR) is 46.0 cm³/mol. The minimum absolute atomic E-state index is 0.480. The van der Waals surface area contributed by atoms with E-state index in [-0.39, 0.29) is 0 Å². The van der Waals surface area contributed by atoms with E-state index in [1.165, 1.54) is 14.0 Å². The molecule has 0 aromatic rings. The van der Waals surface area contributed by atoms with Gasteiger partial charge in [-0.3, -0.25) is 9.59 Å². The van der Waals surface area contributed by atoms with Crippen LogP contribution in [0, 0.1) is 0 Å². The first kappa shape index (κ1) is 10.2. The normalized spacial score (nSPS) is 17.1. The topological polar surface area (TPSA) is 75.7 Å². The summed E-state index contributed by atoms with van der Waals surface area (Å²) in [5.74, 6) is -0.960. The molecule has 0 aromatic carbocycles. The van der Waals surface area contributed by atoms with Gasteiger partial charge in [-0.1, -0.05) is 0 Å². The number of hydrogen-bond acceptors (Lipinski definition) is 4. The number of ether oxygens (including phenoxy) is 1. The van der Waals surface area contributed by atoms with Crippen LogP contribution in [0.2, 0.25) is 0 Å². The number of carbonyl (C=O) groups is 3. The van der Waals surface area contributed by atoms with Gasteiger partial charge >= 0.3 is 6.09 Å². The van der Waals surface area contributed by atoms with Crippen molar-refractivity contribution in [1.29, 1.82) is 0 Å². The van der Waals surface area contributed by atoms with Crippen molar-refractivity contribution in [2.45, 2.75) is 13.2 Å². The number of alkyl carbamates (subject to hydrolysis) is 1. The molecule has 3 amide bonds. The van der Waals surface area contributed by atoms with Gasteiger partial charge in [-0.2, -0.15) is 0 Å². The summed E-state index contributed by atoms with van der Waals surface area (Å²) in [6, 6.07) is 0. The summed E-state index contributed by atoms with van der Waals surface area (Å²) >= 11 is 0. The quantitative estimate of drug-likeness (QED) is 0.613. The molecule has 0 saturated carbocycles. The first-order chi connectivity index (χ1) is 6.56. The molecule has 1 aliphatic rings. The molecule has 1 unspecified atom stereocenters. The Hall–Kier alpha value is -1.85. The molecular formula is C8H10N2O4. The molecule has 6 nitrogen and oxygen atoms in total. The zero-order valence-corrected chi connectivity index (χ0v) is 7.81. The second kappa shape index (κ2) is 3.91. The van der Waals surface area contributed by atoms with Crippen molar-refractivity contribution in [3.63, 3.8) is 0 Å². The summed E-state index contributed by atoms with van der Waals surface area (Å²) in [6.07, 6.45) is 0.674. The number of hydrogen-bond donors (Lipinski definition) is 1. The summed E-state index contributed by atoms with van der Waals surface area (Å²) in [7, 11) is 1.39. The zero-order chi connectivity index (χ0) is 10.7. The van der Waals surface area contributed by atoms with Crippen molar-refractivity contribution in [3.05, 3.63) is 12.2 Å². The predicted octanol–water partition coefficient (Wildman–Crippen LogP) is -0.387. The number of nitrogens with zero attached hydrogens (tertiary/aromatic N) is 1. The van der Waals surface area contributed by atoms with E-state index in [1.54, 1.807) is 0 Å². The van der Waals surface area contributed by atoms with Crippen molar-refractivity contribution >= 4 is 17.9 Å². The monoisotopic (exact) mass is 198 g/mol. The lowest BCUT2D eigenvalue weighted by Crippen LogP contribution is -2.42. The second-order valence-corrected chi connectivity index (χ2v) is 2.63. The molecule has 0 fully saturated rings. The van der Waals surface area contributed by atoms with Crippen LogP contribution in [0.3, 0.4) is 0 Å². The Morgan fingerprint density at radius 2 is 1.93 bits per heavy atom. The van der Waals surface area contributed by atoms with E-state index in [9.17, 15) is 14.4 Å². The molecular weight excluding hydrogens is 188 g/mol. The number of rotatable bonds is 2. The minimum Gasteiger partial charge on any atom is -0.425 e. The van der Waals surface area contributed by atoms with E-state index in [0.717, 1.165) is 17.1 Å². The molecule has 0 spiro atoms. The van der Waals surface area contributed by atoms with Crippen molar-refractivity contribution in [1.82, 2.24) is 10.2 Å². The van der Waals surface area contributed by atoms with Gasteiger partial charge in [0.05, 0.1) is 0 Å². The molecule has 1 rings (SSSR count). The van der Waals surface area contributed by atoms with Crippen molar-refractivity contribution < 1.29 is 19.1 Å². The fourth-order valence-corrected chi connectivity index (χ4v) is 1.04. The highest BCUT2D eigenvalue weighted by molar-refractivity contribution is 6.13. The van der Waals surface area contributed by atoms with E-state index in [4.69, 9.17) is 4.74 Å². The highest BCUT2D eigenvalue weighted by Gasteiger charge is 2.30. The molecule has 14 heavy (non-hydrogen) atoms. The Morgan fingerprint density at radius 1 is 1.43 bits per heavy atom. The molecule has 1 heterocycles. The van der Waals surface area contributed by atoms with Gasteiger partial charge in [0.15, 0.2) is 6.23 Å². The van der Waals surface area contributed by atoms with Gasteiger partial charge in [-0.15, -0.1) is 0 Å². The molecule has 0 radical (unpaired) electrons. The molecule has 0 aliphatic carbocycles. The summed E-state index contributed by atoms with van der Waals surface area (Å²) in [6.45, 7) is 1.44. The maximum absolute atomic E-state index is 11.1. The third-order valence-electron chi connectivity index (χ3n) is 1.69. The van der Waals surface area contributed by atoms with Gasteiger partial charge in [-0.25, -0.2) is 9.69 Å². The first-order valence-electron chi connectivity index (χ1n) is 4.00. The lowest BCUT2D eigenvalue weighted by molar-refractivity contribution is -0.146. The SMILES string of the molecule is CNC(=O)OC(C)N1C(=O)C=CC1=O. The maximum Gasteiger partial charge on any atom is 0.408 e. The van der Waals surface area contributed by atoms with Crippen LogP contribution in [-0.2, 0) is 14.3 Å². The minimum atomic E-state index is -0.898. The Morgan fingerprint density at radius 3 is 2.36 bits per heavy atom. The lowest BCUT2D eigenvalue weighted by Gasteiger charge is -2.21. The third kappa shape index (κ3) is 1.90. The average Bonchev–Trinajstić information content (AvgIpc) is 2.46. The van der Waals surface area contributed by atoms with Crippen molar-refractivity contribution in [2.24, 2.45) is 0 Å². The van der Waals surface area contributed by atoms with Crippen LogP contribution in [0.15, 0.2) is 12.2 Å². The van der Waals surface area contributed by atoms with Gasteiger partial charge in [0.2, 0.25) is 0 Å². The number of amides is 3. The number of carbonyl (C=O) groups excluding carboxylic acids is 3. The smallest absolute Gasteiger partial charge is 0.408 e. The molecule has 76 valence electrons. The van der Waals surface area contributed by atoms with Gasteiger partial charge in [0.1, 0.15) is 0 Å². The molecule has 0 saturated heterocycles. The van der Waals surface area contributed by atoms with Crippen LogP contribution < -0.4 is 5.32 Å². The standard InChI is InChI=1S/C8H10N2O4/c1-5(14-8(13)9-2)10-6(11)3-4-7(10)12/h3-5H,1-2H3,(H,9,13). The average molecular weight is 198 g/mol. The van der Waals surface area contributed by atoms with Gasteiger partial charge in [0, 0.05) is 19.2 Å². The largest absolute Gasteiger partial charge is 0.425 e. The van der Waals surface area contributed by atoms with Crippen LogP contribution in [0.5, 0.6) is 0 Å². The van der Waals surface area contributed by atoms with Crippen LogP contribution in [0.25, 0.3) is 0 Å². The fourth-order valence-electron chi connectivity index (χ4n) is 1.04. The van der Waals surface area contributed by atoms with E-state index in [1.807, 2.05) is 0 Å². The summed E-state index contributed by atoms with van der Waals surface area (Å²) in [5.41, 5.74) is 0. The molecule has 1 aliphatic heterocycles. The third-order valence-corrected chi connectivity index (χ3v) is 1.69. The van der Waals surface area contributed by atoms with Crippen LogP contribution in [0.1, 0.15) is 6.92 Å². The van der Waals surface area contributed by atoms with E-state index in [0.29, 0.717) is 0 Å². The molecule has 1 N–H and O–H groups in total. The van der Waals surface area contributed by atoms with Crippen molar-refractivity contribution in [3.8, 4) is 0 Å². The molecule has 6 heteroatoms. The van der Waals surface area contributed by atoms with Crippen LogP contribution in [0.4, 0.5) is 4.79 Å². The molecule has 0 aromatic heterocycles. The molecule has 1 atom stereocenters. The molecule has 0 bridgehead atoms. The van der Waals surface area contributed by atoms with Crippen LogP contribution >= 0.6 is 0 Å². The Bertz CT molecular complexity index is 292.